The van der Waals surface area contributed by atoms with E-state index in [0.717, 1.165) is 41.4 Å². The fourth-order valence-corrected chi connectivity index (χ4v) is 10.6. The number of nitrogens with two attached hydrogens (primary N) is 2. The Morgan fingerprint density at radius 1 is 0.878 bits per heavy atom. The molecule has 41 heavy (non-hydrogen) atoms. The van der Waals surface area contributed by atoms with E-state index in [2.05, 4.69) is 40.7 Å². The SMILES string of the molecule is CC(C)CCCC(C)C1CCC2C3CCC4CC(OC/C=C/COc5ccc(N)cc5N)CCC4(C)C3CCC12C. The summed E-state index contributed by atoms with van der Waals surface area (Å²) in [5, 5.41) is 0. The largest absolute Gasteiger partial charge is 0.487 e. The number of hydrogen-bond acceptors (Lipinski definition) is 4. The second-order valence-electron chi connectivity index (χ2n) is 15.5. The molecule has 4 heteroatoms. The van der Waals surface area contributed by atoms with Crippen molar-refractivity contribution < 1.29 is 9.47 Å². The summed E-state index contributed by atoms with van der Waals surface area (Å²) in [5.74, 6) is 7.10. The first-order valence-corrected chi connectivity index (χ1v) is 17.2. The Kier molecular flexibility index (Phi) is 9.68. The molecule has 9 unspecified atom stereocenters. The van der Waals surface area contributed by atoms with E-state index in [4.69, 9.17) is 20.9 Å². The summed E-state index contributed by atoms with van der Waals surface area (Å²) in [7, 11) is 0. The molecule has 0 saturated heterocycles. The number of hydrogen-bond donors (Lipinski definition) is 2. The maximum absolute atomic E-state index is 6.39. The highest BCUT2D eigenvalue weighted by molar-refractivity contribution is 5.60. The summed E-state index contributed by atoms with van der Waals surface area (Å²) in [6.07, 6.45) is 21.5. The van der Waals surface area contributed by atoms with Gasteiger partial charge in [0.1, 0.15) is 12.4 Å². The van der Waals surface area contributed by atoms with E-state index in [9.17, 15) is 0 Å². The van der Waals surface area contributed by atoms with Crippen molar-refractivity contribution in [3.63, 3.8) is 0 Å². The lowest BCUT2D eigenvalue weighted by atomic mass is 9.44. The summed E-state index contributed by atoms with van der Waals surface area (Å²) >= 11 is 0. The number of fused-ring (bicyclic) bond motifs is 5. The molecule has 4 fully saturated rings. The molecule has 4 aliphatic rings. The van der Waals surface area contributed by atoms with Crippen LogP contribution < -0.4 is 16.2 Å². The first-order chi connectivity index (χ1) is 19.6. The Morgan fingerprint density at radius 2 is 1.63 bits per heavy atom. The van der Waals surface area contributed by atoms with Crippen molar-refractivity contribution in [2.45, 2.75) is 118 Å². The highest BCUT2D eigenvalue weighted by atomic mass is 16.5. The average molecular weight is 565 g/mol. The van der Waals surface area contributed by atoms with Gasteiger partial charge in [-0.25, -0.2) is 0 Å². The minimum Gasteiger partial charge on any atom is -0.487 e. The van der Waals surface area contributed by atoms with Crippen LogP contribution in [-0.4, -0.2) is 19.3 Å². The smallest absolute Gasteiger partial charge is 0.142 e. The van der Waals surface area contributed by atoms with E-state index in [0.29, 0.717) is 47.3 Å². The Balaban J connectivity index is 1.10. The van der Waals surface area contributed by atoms with E-state index >= 15 is 0 Å². The third-order valence-corrected chi connectivity index (χ3v) is 12.8. The van der Waals surface area contributed by atoms with Crippen molar-refractivity contribution in [2.24, 2.45) is 52.3 Å². The molecule has 0 heterocycles. The predicted molar refractivity (Wildman–Crippen MR) is 173 cm³/mol. The molecule has 0 aliphatic heterocycles. The lowest BCUT2D eigenvalue weighted by Crippen LogP contribution is -2.54. The molecule has 0 spiro atoms. The Morgan fingerprint density at radius 3 is 2.41 bits per heavy atom. The molecular weight excluding hydrogens is 504 g/mol. The van der Waals surface area contributed by atoms with Crippen LogP contribution in [0, 0.1) is 52.3 Å². The quantitative estimate of drug-likeness (QED) is 0.207. The van der Waals surface area contributed by atoms with Gasteiger partial charge in [-0.15, -0.1) is 0 Å². The number of ether oxygens (including phenoxy) is 2. The molecule has 5 rings (SSSR count). The Labute approximate surface area is 251 Å². The topological polar surface area (TPSA) is 70.5 Å². The van der Waals surface area contributed by atoms with Crippen LogP contribution in [0.15, 0.2) is 30.4 Å². The maximum Gasteiger partial charge on any atom is 0.142 e. The van der Waals surface area contributed by atoms with E-state index in [1.807, 2.05) is 18.2 Å². The summed E-state index contributed by atoms with van der Waals surface area (Å²) < 4.78 is 12.2. The van der Waals surface area contributed by atoms with Crippen molar-refractivity contribution in [1.29, 1.82) is 0 Å². The predicted octanol–water partition coefficient (Wildman–Crippen LogP) is 9.29. The molecule has 9 atom stereocenters. The van der Waals surface area contributed by atoms with Gasteiger partial charge in [-0.3, -0.25) is 0 Å². The van der Waals surface area contributed by atoms with Crippen LogP contribution in [0.3, 0.4) is 0 Å². The normalized spacial score (nSPS) is 37.5. The van der Waals surface area contributed by atoms with Crippen LogP contribution in [0.2, 0.25) is 0 Å². The zero-order valence-electron chi connectivity index (χ0n) is 26.9. The van der Waals surface area contributed by atoms with Gasteiger partial charge in [0.05, 0.1) is 18.4 Å². The summed E-state index contributed by atoms with van der Waals surface area (Å²) in [6.45, 7) is 13.9. The highest BCUT2D eigenvalue weighted by Crippen LogP contribution is 2.68. The third kappa shape index (κ3) is 6.48. The van der Waals surface area contributed by atoms with E-state index in [-0.39, 0.29) is 0 Å². The fourth-order valence-electron chi connectivity index (χ4n) is 10.6. The van der Waals surface area contributed by atoms with Gasteiger partial charge >= 0.3 is 0 Å². The van der Waals surface area contributed by atoms with Gasteiger partial charge in [0, 0.05) is 5.69 Å². The molecule has 1 aromatic carbocycles. The average Bonchev–Trinajstić information content (AvgIpc) is 3.28. The first-order valence-electron chi connectivity index (χ1n) is 17.2. The molecular formula is C37H60N2O2. The minimum atomic E-state index is 0.402. The van der Waals surface area contributed by atoms with Crippen LogP contribution >= 0.6 is 0 Å². The maximum atomic E-state index is 6.39. The standard InChI is InChI=1S/C37H60N2O2/c1-25(2)9-8-10-26(3)31-14-15-32-30-13-11-27-23-29(17-19-36(27,4)33(30)18-20-37(31,32)5)40-21-6-7-22-41-35-16-12-28(38)24-34(35)39/h6-7,12,16,24-27,29-33H,8-11,13-15,17-23,38-39H2,1-5H3/b7-6+. The Hall–Kier alpha value is -1.68. The highest BCUT2D eigenvalue weighted by Gasteiger charge is 2.60. The van der Waals surface area contributed by atoms with Crippen LogP contribution in [0.5, 0.6) is 5.75 Å². The summed E-state index contributed by atoms with van der Waals surface area (Å²) in [5.41, 5.74) is 14.1. The molecule has 0 radical (unpaired) electrons. The molecule has 4 aliphatic carbocycles. The third-order valence-electron chi connectivity index (χ3n) is 12.8. The van der Waals surface area contributed by atoms with Gasteiger partial charge in [0.15, 0.2) is 0 Å². The van der Waals surface area contributed by atoms with Crippen LogP contribution in [-0.2, 0) is 4.74 Å². The number of anilines is 2. The van der Waals surface area contributed by atoms with Crippen molar-refractivity contribution in [3.05, 3.63) is 30.4 Å². The monoisotopic (exact) mass is 564 g/mol. The molecule has 4 saturated carbocycles. The van der Waals surface area contributed by atoms with E-state index in [1.165, 1.54) is 77.0 Å². The number of nitrogen functional groups attached to an aromatic ring is 2. The van der Waals surface area contributed by atoms with Gasteiger partial charge in [0.25, 0.3) is 0 Å². The van der Waals surface area contributed by atoms with Gasteiger partial charge < -0.3 is 20.9 Å². The van der Waals surface area contributed by atoms with Crippen molar-refractivity contribution in [3.8, 4) is 5.75 Å². The minimum absolute atomic E-state index is 0.402. The zero-order valence-corrected chi connectivity index (χ0v) is 26.9. The Bertz CT molecular complexity index is 1040. The van der Waals surface area contributed by atoms with Crippen molar-refractivity contribution in [2.75, 3.05) is 24.7 Å². The van der Waals surface area contributed by atoms with Gasteiger partial charge in [-0.2, -0.15) is 0 Å². The zero-order chi connectivity index (χ0) is 29.2. The van der Waals surface area contributed by atoms with Gasteiger partial charge in [0.2, 0.25) is 0 Å². The van der Waals surface area contributed by atoms with Crippen molar-refractivity contribution in [1.82, 2.24) is 0 Å². The van der Waals surface area contributed by atoms with E-state index in [1.54, 1.807) is 6.07 Å². The van der Waals surface area contributed by atoms with Crippen LogP contribution in [0.25, 0.3) is 0 Å². The molecule has 1 aromatic rings. The molecule has 0 amide bonds. The van der Waals surface area contributed by atoms with Crippen molar-refractivity contribution >= 4 is 11.4 Å². The molecule has 230 valence electrons. The molecule has 0 aromatic heterocycles. The number of benzene rings is 1. The second kappa shape index (κ2) is 12.9. The van der Waals surface area contributed by atoms with Gasteiger partial charge in [-0.1, -0.05) is 60.0 Å². The molecule has 0 bridgehead atoms. The van der Waals surface area contributed by atoms with E-state index < -0.39 is 0 Å². The second-order valence-corrected chi connectivity index (χ2v) is 15.5. The lowest BCUT2D eigenvalue weighted by molar-refractivity contribution is -0.135. The lowest BCUT2D eigenvalue weighted by Gasteiger charge is -2.61. The van der Waals surface area contributed by atoms with Gasteiger partial charge in [-0.05, 0) is 134 Å². The summed E-state index contributed by atoms with van der Waals surface area (Å²) in [6, 6.07) is 5.38. The summed E-state index contributed by atoms with van der Waals surface area (Å²) in [4.78, 5) is 0. The van der Waals surface area contributed by atoms with Crippen LogP contribution in [0.4, 0.5) is 11.4 Å². The fraction of sp³-hybridized carbons (Fsp3) is 0.784. The molecule has 4 N–H and O–H groups in total. The number of rotatable bonds is 11. The first kappa shape index (κ1) is 30.8. The van der Waals surface area contributed by atoms with Crippen LogP contribution in [0.1, 0.15) is 112 Å². The molecule has 4 nitrogen and oxygen atoms in total.